The van der Waals surface area contributed by atoms with E-state index < -0.39 is 0 Å². The van der Waals surface area contributed by atoms with Crippen LogP contribution in [0.3, 0.4) is 0 Å². The van der Waals surface area contributed by atoms with Gasteiger partial charge in [-0.3, -0.25) is 0 Å². The van der Waals surface area contributed by atoms with Gasteiger partial charge in [0, 0.05) is 18.2 Å². The molecule has 1 heterocycles. The van der Waals surface area contributed by atoms with Gasteiger partial charge in [0.1, 0.15) is 5.76 Å². The van der Waals surface area contributed by atoms with Crippen molar-refractivity contribution in [3.05, 3.63) is 23.7 Å². The monoisotopic (exact) mass is 264 g/mol. The van der Waals surface area contributed by atoms with E-state index in [1.54, 1.807) is 6.26 Å². The lowest BCUT2D eigenvalue weighted by Crippen LogP contribution is -2.19. The molecule has 1 N–H and O–H groups in total. The Morgan fingerprint density at radius 3 is 2.74 bits per heavy atom. The Morgan fingerprint density at radius 1 is 1.26 bits per heavy atom. The fourth-order valence-electron chi connectivity index (χ4n) is 2.40. The van der Waals surface area contributed by atoms with E-state index in [-0.39, 0.29) is 0 Å². The Labute approximate surface area is 117 Å². The first-order valence-corrected chi connectivity index (χ1v) is 7.70. The molecular weight excluding hydrogens is 236 g/mol. The number of rotatable bonds is 10. The molecule has 0 unspecified atom stereocenters. The third kappa shape index (κ3) is 5.79. The Bertz CT molecular complexity index is 357. The van der Waals surface area contributed by atoms with Crippen molar-refractivity contribution in [1.29, 1.82) is 0 Å². The zero-order chi connectivity index (χ0) is 13.5. The van der Waals surface area contributed by atoms with E-state index in [9.17, 15) is 0 Å². The molecule has 108 valence electrons. The maximum atomic E-state index is 5.33. The van der Waals surface area contributed by atoms with Crippen LogP contribution in [0.15, 0.2) is 16.7 Å². The van der Waals surface area contributed by atoms with Crippen LogP contribution in [0.4, 0.5) is 0 Å². The zero-order valence-electron chi connectivity index (χ0n) is 12.5. The summed E-state index contributed by atoms with van der Waals surface area (Å²) in [5.41, 5.74) is 1.32. The van der Waals surface area contributed by atoms with Gasteiger partial charge in [-0.15, -0.1) is 0 Å². The van der Waals surface area contributed by atoms with Crippen molar-refractivity contribution in [3.63, 3.8) is 0 Å². The molecule has 3 heteroatoms. The third-order valence-electron chi connectivity index (χ3n) is 3.88. The fraction of sp³-hybridized carbons (Fsp3) is 0.750. The van der Waals surface area contributed by atoms with Crippen LogP contribution in [0.5, 0.6) is 0 Å². The largest absolute Gasteiger partial charge is 0.469 e. The standard InChI is InChI=1S/C16H28N2O/c1-14-15(9-12-19-14)13-18(2)11-6-4-3-5-10-17-16-7-8-16/h9,12,16-17H,3-8,10-11,13H2,1-2H3. The summed E-state index contributed by atoms with van der Waals surface area (Å²) >= 11 is 0. The summed E-state index contributed by atoms with van der Waals surface area (Å²) in [5, 5.41) is 3.57. The molecule has 19 heavy (non-hydrogen) atoms. The van der Waals surface area contributed by atoms with Crippen molar-refractivity contribution in [3.8, 4) is 0 Å². The van der Waals surface area contributed by atoms with Gasteiger partial charge in [0.05, 0.1) is 6.26 Å². The van der Waals surface area contributed by atoms with Crippen LogP contribution in [0.1, 0.15) is 49.8 Å². The second kappa shape index (κ2) is 7.71. The van der Waals surface area contributed by atoms with Crippen molar-refractivity contribution in [2.45, 2.75) is 58.0 Å². The summed E-state index contributed by atoms with van der Waals surface area (Å²) in [6, 6.07) is 2.94. The molecule has 1 saturated carbocycles. The summed E-state index contributed by atoms with van der Waals surface area (Å²) in [7, 11) is 2.20. The summed E-state index contributed by atoms with van der Waals surface area (Å²) < 4.78 is 5.33. The van der Waals surface area contributed by atoms with Crippen molar-refractivity contribution < 1.29 is 4.42 Å². The van der Waals surface area contributed by atoms with Gasteiger partial charge in [0.2, 0.25) is 0 Å². The highest BCUT2D eigenvalue weighted by molar-refractivity contribution is 5.14. The Kier molecular flexibility index (Phi) is 5.93. The summed E-state index contributed by atoms with van der Waals surface area (Å²) in [6.45, 7) is 5.44. The van der Waals surface area contributed by atoms with Gasteiger partial charge >= 0.3 is 0 Å². The van der Waals surface area contributed by atoms with Gasteiger partial charge in [-0.05, 0) is 58.8 Å². The molecule has 0 aromatic carbocycles. The van der Waals surface area contributed by atoms with Gasteiger partial charge in [-0.25, -0.2) is 0 Å². The van der Waals surface area contributed by atoms with Crippen molar-refractivity contribution >= 4 is 0 Å². The normalized spacial score (nSPS) is 15.3. The minimum Gasteiger partial charge on any atom is -0.469 e. The number of aryl methyl sites for hydroxylation is 1. The summed E-state index contributed by atoms with van der Waals surface area (Å²) in [6.07, 6.45) is 9.93. The molecule has 1 fully saturated rings. The van der Waals surface area contributed by atoms with Crippen LogP contribution in [0.25, 0.3) is 0 Å². The highest BCUT2D eigenvalue weighted by Crippen LogP contribution is 2.18. The van der Waals surface area contributed by atoms with Gasteiger partial charge in [0.15, 0.2) is 0 Å². The van der Waals surface area contributed by atoms with Gasteiger partial charge in [0.25, 0.3) is 0 Å². The summed E-state index contributed by atoms with van der Waals surface area (Å²) in [5.74, 6) is 1.05. The molecule has 0 amide bonds. The maximum absolute atomic E-state index is 5.33. The van der Waals surface area contributed by atoms with Gasteiger partial charge in [-0.1, -0.05) is 12.8 Å². The van der Waals surface area contributed by atoms with Crippen LogP contribution >= 0.6 is 0 Å². The first kappa shape index (κ1) is 14.6. The average molecular weight is 264 g/mol. The number of hydrogen-bond donors (Lipinski definition) is 1. The molecule has 1 aromatic heterocycles. The number of hydrogen-bond acceptors (Lipinski definition) is 3. The van der Waals surface area contributed by atoms with E-state index in [1.165, 1.54) is 57.2 Å². The third-order valence-corrected chi connectivity index (χ3v) is 3.88. The molecule has 0 atom stereocenters. The first-order valence-electron chi connectivity index (χ1n) is 7.70. The molecule has 0 aliphatic heterocycles. The first-order chi connectivity index (χ1) is 9.25. The van der Waals surface area contributed by atoms with E-state index in [0.29, 0.717) is 0 Å². The van der Waals surface area contributed by atoms with E-state index in [1.807, 2.05) is 6.92 Å². The van der Waals surface area contributed by atoms with Crippen molar-refractivity contribution in [1.82, 2.24) is 10.2 Å². The highest BCUT2D eigenvalue weighted by atomic mass is 16.3. The molecule has 0 spiro atoms. The lowest BCUT2D eigenvalue weighted by Gasteiger charge is -2.15. The van der Waals surface area contributed by atoms with Crippen LogP contribution < -0.4 is 5.32 Å². The minimum atomic E-state index is 0.865. The topological polar surface area (TPSA) is 28.4 Å². The zero-order valence-corrected chi connectivity index (χ0v) is 12.5. The average Bonchev–Trinajstić information content (AvgIpc) is 3.13. The molecule has 0 saturated heterocycles. The quantitative estimate of drug-likeness (QED) is 0.657. The Morgan fingerprint density at radius 2 is 2.05 bits per heavy atom. The molecule has 3 nitrogen and oxygen atoms in total. The fourth-order valence-corrected chi connectivity index (χ4v) is 2.40. The Balaban J connectivity index is 1.44. The van der Waals surface area contributed by atoms with E-state index in [0.717, 1.165) is 18.3 Å². The predicted molar refractivity (Wildman–Crippen MR) is 79.3 cm³/mol. The van der Waals surface area contributed by atoms with Crippen molar-refractivity contribution in [2.24, 2.45) is 0 Å². The van der Waals surface area contributed by atoms with Crippen LogP contribution in [0, 0.1) is 6.92 Å². The van der Waals surface area contributed by atoms with E-state index in [2.05, 4.69) is 23.3 Å². The molecular formula is C16H28N2O. The predicted octanol–water partition coefficient (Wildman–Crippen LogP) is 3.33. The lowest BCUT2D eigenvalue weighted by atomic mass is 10.2. The number of unbranched alkanes of at least 4 members (excludes halogenated alkanes) is 3. The number of nitrogens with one attached hydrogen (secondary N) is 1. The lowest BCUT2D eigenvalue weighted by molar-refractivity contribution is 0.314. The van der Waals surface area contributed by atoms with Gasteiger partial charge < -0.3 is 14.6 Å². The Hall–Kier alpha value is -0.800. The van der Waals surface area contributed by atoms with Crippen molar-refractivity contribution in [2.75, 3.05) is 20.1 Å². The SMILES string of the molecule is Cc1occc1CN(C)CCCCCCNC1CC1. The molecule has 1 aromatic rings. The minimum absolute atomic E-state index is 0.865. The van der Waals surface area contributed by atoms with Gasteiger partial charge in [-0.2, -0.15) is 0 Å². The van der Waals surface area contributed by atoms with Crippen LogP contribution in [-0.4, -0.2) is 31.1 Å². The second-order valence-corrected chi connectivity index (χ2v) is 5.88. The smallest absolute Gasteiger partial charge is 0.105 e. The van der Waals surface area contributed by atoms with E-state index in [4.69, 9.17) is 4.42 Å². The summed E-state index contributed by atoms with van der Waals surface area (Å²) in [4.78, 5) is 2.39. The number of nitrogens with zero attached hydrogens (tertiary/aromatic N) is 1. The van der Waals surface area contributed by atoms with Crippen LogP contribution in [-0.2, 0) is 6.54 Å². The second-order valence-electron chi connectivity index (χ2n) is 5.88. The highest BCUT2D eigenvalue weighted by Gasteiger charge is 2.19. The molecule has 2 rings (SSSR count). The molecule has 1 aliphatic carbocycles. The maximum Gasteiger partial charge on any atom is 0.105 e. The molecule has 0 radical (unpaired) electrons. The van der Waals surface area contributed by atoms with Crippen LogP contribution in [0.2, 0.25) is 0 Å². The number of furan rings is 1. The molecule has 0 bridgehead atoms. The van der Waals surface area contributed by atoms with E-state index >= 15 is 0 Å². The molecule has 1 aliphatic rings.